The lowest BCUT2D eigenvalue weighted by atomic mass is 10.2. The molecule has 0 aliphatic rings. The molecule has 1 aromatic carbocycles. The molecule has 1 N–H and O–H groups in total. The Morgan fingerprint density at radius 3 is 2.95 bits per heavy atom. The molecule has 6 heteroatoms. The number of ether oxygens (including phenoxy) is 1. The molecule has 0 radical (unpaired) electrons. The van der Waals surface area contributed by atoms with Gasteiger partial charge in [-0.3, -0.25) is 4.79 Å². The Bertz CT molecular complexity index is 829. The van der Waals surface area contributed by atoms with Crippen LogP contribution in [-0.4, -0.2) is 20.5 Å². The summed E-state index contributed by atoms with van der Waals surface area (Å²) in [5.41, 5.74) is 1.70. The van der Waals surface area contributed by atoms with Crippen LogP contribution in [0.2, 0.25) is 0 Å². The molecule has 0 aliphatic carbocycles. The first-order chi connectivity index (χ1) is 10.6. The van der Waals surface area contributed by atoms with Gasteiger partial charge < -0.3 is 14.2 Å². The number of carboxylic acid groups (broad SMARTS) is 1. The van der Waals surface area contributed by atoms with Crippen LogP contribution < -0.4 is 4.74 Å². The lowest BCUT2D eigenvalue weighted by molar-refractivity contribution is -0.136. The minimum atomic E-state index is -0.939. The normalized spacial score (nSPS) is 10.8. The van der Waals surface area contributed by atoms with Crippen molar-refractivity contribution in [1.29, 1.82) is 0 Å². The number of aromatic nitrogens is 2. The van der Waals surface area contributed by atoms with Gasteiger partial charge in [-0.25, -0.2) is 9.37 Å². The third kappa shape index (κ3) is 3.06. The van der Waals surface area contributed by atoms with Gasteiger partial charge in [0.25, 0.3) is 0 Å². The molecular weight excluding hydrogens is 287 g/mol. The minimum absolute atomic E-state index is 0.148. The number of hydrogen-bond acceptors (Lipinski definition) is 3. The smallest absolute Gasteiger partial charge is 0.309 e. The highest BCUT2D eigenvalue weighted by molar-refractivity contribution is 5.70. The molecule has 0 fully saturated rings. The Morgan fingerprint density at radius 1 is 1.32 bits per heavy atom. The van der Waals surface area contributed by atoms with Gasteiger partial charge in [0.15, 0.2) is 11.4 Å². The minimum Gasteiger partial charge on any atom is -0.485 e. The van der Waals surface area contributed by atoms with Crippen LogP contribution in [0.5, 0.6) is 5.75 Å². The van der Waals surface area contributed by atoms with Crippen LogP contribution in [0.1, 0.15) is 11.3 Å². The monoisotopic (exact) mass is 300 g/mol. The lowest BCUT2D eigenvalue weighted by Crippen LogP contribution is -2.00. The number of rotatable bonds is 5. The molecule has 0 aliphatic heterocycles. The predicted octanol–water partition coefficient (Wildman–Crippen LogP) is 2.68. The van der Waals surface area contributed by atoms with Gasteiger partial charge in [0.2, 0.25) is 0 Å². The van der Waals surface area contributed by atoms with E-state index in [-0.39, 0.29) is 18.8 Å². The molecule has 3 aromatic rings. The number of aliphatic carboxylic acids is 1. The van der Waals surface area contributed by atoms with Crippen molar-refractivity contribution in [2.45, 2.75) is 13.0 Å². The molecule has 0 atom stereocenters. The van der Waals surface area contributed by atoms with Crippen LogP contribution >= 0.6 is 0 Å². The topological polar surface area (TPSA) is 63.8 Å². The molecule has 0 saturated carbocycles. The van der Waals surface area contributed by atoms with Crippen molar-refractivity contribution >= 4 is 11.6 Å². The quantitative estimate of drug-likeness (QED) is 0.787. The molecule has 0 amide bonds. The maximum atomic E-state index is 13.1. The van der Waals surface area contributed by atoms with E-state index in [4.69, 9.17) is 9.84 Å². The number of carbonyl (C=O) groups is 1. The average Bonchev–Trinajstić information content (AvgIpc) is 2.87. The molecule has 0 spiro atoms. The van der Waals surface area contributed by atoms with E-state index >= 15 is 0 Å². The summed E-state index contributed by atoms with van der Waals surface area (Å²) in [5.74, 6) is -0.738. The zero-order valence-electron chi connectivity index (χ0n) is 11.6. The molecule has 0 unspecified atom stereocenters. The fourth-order valence-electron chi connectivity index (χ4n) is 2.18. The van der Waals surface area contributed by atoms with Crippen molar-refractivity contribution in [2.75, 3.05) is 0 Å². The zero-order valence-corrected chi connectivity index (χ0v) is 11.6. The second-order valence-electron chi connectivity index (χ2n) is 4.82. The van der Waals surface area contributed by atoms with Crippen LogP contribution in [0.4, 0.5) is 4.39 Å². The molecule has 2 heterocycles. The summed E-state index contributed by atoms with van der Waals surface area (Å²) in [6.07, 6.45) is 3.27. The number of carboxylic acids is 1. The Morgan fingerprint density at radius 2 is 2.18 bits per heavy atom. The summed E-state index contributed by atoms with van der Waals surface area (Å²) < 4.78 is 20.5. The first-order valence-corrected chi connectivity index (χ1v) is 6.67. The Kier molecular flexibility index (Phi) is 3.74. The average molecular weight is 300 g/mol. The largest absolute Gasteiger partial charge is 0.485 e. The second kappa shape index (κ2) is 5.85. The van der Waals surface area contributed by atoms with Gasteiger partial charge in [0.1, 0.15) is 12.4 Å². The van der Waals surface area contributed by atoms with Gasteiger partial charge in [0.05, 0.1) is 12.1 Å². The molecule has 0 bridgehead atoms. The maximum Gasteiger partial charge on any atom is 0.309 e. The van der Waals surface area contributed by atoms with Gasteiger partial charge in [-0.1, -0.05) is 12.1 Å². The fourth-order valence-corrected chi connectivity index (χ4v) is 2.18. The lowest BCUT2D eigenvalue weighted by Gasteiger charge is -2.07. The third-order valence-corrected chi connectivity index (χ3v) is 3.11. The van der Waals surface area contributed by atoms with Gasteiger partial charge >= 0.3 is 5.97 Å². The Hall–Kier alpha value is -2.89. The van der Waals surface area contributed by atoms with Crippen molar-refractivity contribution in [3.8, 4) is 5.75 Å². The van der Waals surface area contributed by atoms with Gasteiger partial charge in [-0.2, -0.15) is 0 Å². The predicted molar refractivity (Wildman–Crippen MR) is 77.3 cm³/mol. The first kappa shape index (κ1) is 14.1. The third-order valence-electron chi connectivity index (χ3n) is 3.11. The molecule has 5 nitrogen and oxygen atoms in total. The number of benzene rings is 1. The van der Waals surface area contributed by atoms with E-state index in [1.807, 2.05) is 0 Å². The number of hydrogen-bond donors (Lipinski definition) is 1. The van der Waals surface area contributed by atoms with Crippen molar-refractivity contribution in [3.63, 3.8) is 0 Å². The summed E-state index contributed by atoms with van der Waals surface area (Å²) in [7, 11) is 0. The van der Waals surface area contributed by atoms with E-state index in [1.165, 1.54) is 12.1 Å². The SMILES string of the molecule is O=C(O)Cc1cn2cccc(OCc3cccc(F)c3)c2n1. The second-order valence-corrected chi connectivity index (χ2v) is 4.82. The number of halogens is 1. The van der Waals surface area contributed by atoms with Crippen LogP contribution in [0.25, 0.3) is 5.65 Å². The number of fused-ring (bicyclic) bond motifs is 1. The highest BCUT2D eigenvalue weighted by atomic mass is 19.1. The highest BCUT2D eigenvalue weighted by Crippen LogP contribution is 2.20. The van der Waals surface area contributed by atoms with E-state index in [9.17, 15) is 9.18 Å². The Balaban J connectivity index is 1.84. The molecule has 22 heavy (non-hydrogen) atoms. The van der Waals surface area contributed by atoms with Crippen molar-refractivity contribution < 1.29 is 19.0 Å². The van der Waals surface area contributed by atoms with Crippen LogP contribution in [-0.2, 0) is 17.8 Å². The summed E-state index contributed by atoms with van der Waals surface area (Å²) in [6.45, 7) is 0.207. The van der Waals surface area contributed by atoms with Gasteiger partial charge in [0, 0.05) is 12.4 Å². The van der Waals surface area contributed by atoms with E-state index in [1.54, 1.807) is 41.1 Å². The standard InChI is InChI=1S/C16H13FN2O3/c17-12-4-1-3-11(7-12)10-22-14-5-2-6-19-9-13(8-15(20)21)18-16(14)19/h1-7,9H,8,10H2,(H,20,21). The molecular formula is C16H13FN2O3. The van der Waals surface area contributed by atoms with Gasteiger partial charge in [-0.15, -0.1) is 0 Å². The molecule has 0 saturated heterocycles. The first-order valence-electron chi connectivity index (χ1n) is 6.67. The molecule has 3 rings (SSSR count). The van der Waals surface area contributed by atoms with E-state index in [2.05, 4.69) is 4.98 Å². The van der Waals surface area contributed by atoms with Crippen molar-refractivity contribution in [1.82, 2.24) is 9.38 Å². The summed E-state index contributed by atoms with van der Waals surface area (Å²) in [4.78, 5) is 15.0. The fraction of sp³-hybridized carbons (Fsp3) is 0.125. The van der Waals surface area contributed by atoms with Crippen molar-refractivity contribution in [3.05, 3.63) is 65.9 Å². The Labute approximate surface area is 125 Å². The van der Waals surface area contributed by atoms with Gasteiger partial charge in [-0.05, 0) is 29.8 Å². The number of imidazole rings is 1. The zero-order chi connectivity index (χ0) is 15.5. The molecule has 112 valence electrons. The summed E-state index contributed by atoms with van der Waals surface area (Å²) >= 11 is 0. The number of nitrogens with zero attached hydrogens (tertiary/aromatic N) is 2. The summed E-state index contributed by atoms with van der Waals surface area (Å²) in [6, 6.07) is 9.69. The maximum absolute atomic E-state index is 13.1. The van der Waals surface area contributed by atoms with E-state index < -0.39 is 5.97 Å². The van der Waals surface area contributed by atoms with Crippen molar-refractivity contribution in [2.24, 2.45) is 0 Å². The van der Waals surface area contributed by atoms with Crippen LogP contribution in [0, 0.1) is 5.82 Å². The number of pyridine rings is 1. The van der Waals surface area contributed by atoms with E-state index in [0.29, 0.717) is 22.7 Å². The summed E-state index contributed by atoms with van der Waals surface area (Å²) in [5, 5.41) is 8.82. The molecule has 2 aromatic heterocycles. The highest BCUT2D eigenvalue weighted by Gasteiger charge is 2.10. The van der Waals surface area contributed by atoms with Crippen LogP contribution in [0.3, 0.4) is 0 Å². The van der Waals surface area contributed by atoms with E-state index in [0.717, 1.165) is 0 Å². The van der Waals surface area contributed by atoms with Crippen LogP contribution in [0.15, 0.2) is 48.8 Å².